The Kier molecular flexibility index (Phi) is 3.04. The van der Waals surface area contributed by atoms with E-state index in [0.717, 1.165) is 25.9 Å². The molecule has 2 aliphatic rings. The van der Waals surface area contributed by atoms with Crippen LogP contribution in [0.3, 0.4) is 0 Å². The predicted octanol–water partition coefficient (Wildman–Crippen LogP) is -0.229. The Bertz CT molecular complexity index is 216. The highest BCUT2D eigenvalue weighted by Gasteiger charge is 2.43. The van der Waals surface area contributed by atoms with Crippen molar-refractivity contribution in [2.75, 3.05) is 19.8 Å². The molecular formula is C9H19N3OS. The lowest BCUT2D eigenvalue weighted by Gasteiger charge is -2.32. The molecule has 0 amide bonds. The van der Waals surface area contributed by atoms with E-state index in [0.29, 0.717) is 12.6 Å². The number of aliphatic hydroxyl groups excluding tert-OH is 1. The van der Waals surface area contributed by atoms with Crippen LogP contribution in [0, 0.1) is 5.92 Å². The van der Waals surface area contributed by atoms with Crippen molar-refractivity contribution in [3.05, 3.63) is 0 Å². The van der Waals surface area contributed by atoms with Crippen LogP contribution in [0.2, 0.25) is 0 Å². The van der Waals surface area contributed by atoms with Crippen molar-refractivity contribution in [2.24, 2.45) is 5.92 Å². The van der Waals surface area contributed by atoms with Crippen LogP contribution in [0.1, 0.15) is 19.8 Å². The standard InChI is InChI=1S/C9H19N3OS/c1-7-4-9(2-3-12(14)5-7)8(13)10-6-11-9/h7-8,10-11,13-14H,2-6H2,1H3. The van der Waals surface area contributed by atoms with E-state index >= 15 is 0 Å². The van der Waals surface area contributed by atoms with E-state index in [1.54, 1.807) is 0 Å². The normalized spacial score (nSPS) is 45.6. The Morgan fingerprint density at radius 3 is 3.00 bits per heavy atom. The molecule has 82 valence electrons. The van der Waals surface area contributed by atoms with Gasteiger partial charge in [-0.3, -0.25) is 14.9 Å². The van der Waals surface area contributed by atoms with Gasteiger partial charge in [0.15, 0.2) is 0 Å². The second-order valence-corrected chi connectivity index (χ2v) is 5.15. The number of hydrogen-bond donors (Lipinski definition) is 4. The van der Waals surface area contributed by atoms with Gasteiger partial charge in [-0.05, 0) is 18.8 Å². The van der Waals surface area contributed by atoms with Gasteiger partial charge in [0.05, 0.1) is 5.54 Å². The molecule has 1 spiro atoms. The topological polar surface area (TPSA) is 47.5 Å². The summed E-state index contributed by atoms with van der Waals surface area (Å²) in [5.74, 6) is 0.567. The molecule has 2 fully saturated rings. The highest BCUT2D eigenvalue weighted by molar-refractivity contribution is 7.77. The van der Waals surface area contributed by atoms with E-state index in [9.17, 15) is 5.11 Å². The summed E-state index contributed by atoms with van der Waals surface area (Å²) in [7, 11) is 0. The van der Waals surface area contributed by atoms with Crippen molar-refractivity contribution in [1.82, 2.24) is 14.9 Å². The quantitative estimate of drug-likeness (QED) is 0.423. The first-order valence-electron chi connectivity index (χ1n) is 5.23. The molecule has 0 aromatic heterocycles. The average molecular weight is 217 g/mol. The van der Waals surface area contributed by atoms with Gasteiger partial charge in [0.1, 0.15) is 6.23 Å². The molecule has 2 heterocycles. The van der Waals surface area contributed by atoms with Crippen LogP contribution in [0.25, 0.3) is 0 Å². The van der Waals surface area contributed by atoms with Gasteiger partial charge in [-0.25, -0.2) is 0 Å². The molecule has 3 unspecified atom stereocenters. The summed E-state index contributed by atoms with van der Waals surface area (Å²) >= 11 is 4.40. The molecule has 2 saturated heterocycles. The lowest BCUT2D eigenvalue weighted by atomic mass is 9.86. The predicted molar refractivity (Wildman–Crippen MR) is 58.8 cm³/mol. The van der Waals surface area contributed by atoms with Gasteiger partial charge in [0.25, 0.3) is 0 Å². The van der Waals surface area contributed by atoms with Gasteiger partial charge in [-0.1, -0.05) is 19.7 Å². The minimum Gasteiger partial charge on any atom is -0.377 e. The molecule has 14 heavy (non-hydrogen) atoms. The fourth-order valence-corrected chi connectivity index (χ4v) is 2.97. The zero-order chi connectivity index (χ0) is 10.2. The van der Waals surface area contributed by atoms with Crippen LogP contribution in [-0.4, -0.2) is 40.9 Å². The summed E-state index contributed by atoms with van der Waals surface area (Å²) in [4.78, 5) is 0. The fraction of sp³-hybridized carbons (Fsp3) is 1.00. The smallest absolute Gasteiger partial charge is 0.124 e. The summed E-state index contributed by atoms with van der Waals surface area (Å²) in [5.41, 5.74) is -0.128. The van der Waals surface area contributed by atoms with Gasteiger partial charge in [0.2, 0.25) is 0 Å². The van der Waals surface area contributed by atoms with Crippen molar-refractivity contribution in [2.45, 2.75) is 31.5 Å². The average Bonchev–Trinajstić information content (AvgIpc) is 2.36. The maximum absolute atomic E-state index is 9.92. The van der Waals surface area contributed by atoms with Crippen molar-refractivity contribution in [3.63, 3.8) is 0 Å². The molecule has 0 bridgehead atoms. The molecule has 4 nitrogen and oxygen atoms in total. The van der Waals surface area contributed by atoms with Crippen LogP contribution >= 0.6 is 12.8 Å². The van der Waals surface area contributed by atoms with Gasteiger partial charge in [0, 0.05) is 19.8 Å². The van der Waals surface area contributed by atoms with E-state index < -0.39 is 6.23 Å². The number of rotatable bonds is 0. The molecule has 0 radical (unpaired) electrons. The Balaban J connectivity index is 2.10. The van der Waals surface area contributed by atoms with Crippen molar-refractivity contribution < 1.29 is 5.11 Å². The SMILES string of the molecule is CC1CN(S)CCC2(C1)NCNC2O. The van der Waals surface area contributed by atoms with Gasteiger partial charge < -0.3 is 5.11 Å². The van der Waals surface area contributed by atoms with E-state index in [4.69, 9.17) is 0 Å². The lowest BCUT2D eigenvalue weighted by Crippen LogP contribution is -2.50. The first-order chi connectivity index (χ1) is 6.62. The summed E-state index contributed by atoms with van der Waals surface area (Å²) in [6, 6.07) is 0. The van der Waals surface area contributed by atoms with Crippen LogP contribution in [0.15, 0.2) is 0 Å². The third kappa shape index (κ3) is 1.92. The molecule has 0 saturated carbocycles. The first kappa shape index (κ1) is 10.7. The first-order valence-corrected chi connectivity index (χ1v) is 5.63. The molecule has 0 aromatic carbocycles. The Morgan fingerprint density at radius 2 is 2.36 bits per heavy atom. The van der Waals surface area contributed by atoms with Crippen LogP contribution in [0.4, 0.5) is 0 Å². The molecule has 0 aromatic rings. The Morgan fingerprint density at radius 1 is 1.57 bits per heavy atom. The van der Waals surface area contributed by atoms with Gasteiger partial charge in [-0.2, -0.15) is 0 Å². The molecule has 3 atom stereocenters. The highest BCUT2D eigenvalue weighted by Crippen LogP contribution is 2.30. The maximum atomic E-state index is 9.92. The number of nitrogens with zero attached hydrogens (tertiary/aromatic N) is 1. The minimum absolute atomic E-state index is 0.128. The van der Waals surface area contributed by atoms with Gasteiger partial charge in [-0.15, -0.1) is 0 Å². The van der Waals surface area contributed by atoms with E-state index in [-0.39, 0.29) is 5.54 Å². The summed E-state index contributed by atoms with van der Waals surface area (Å²) in [5, 5.41) is 16.4. The van der Waals surface area contributed by atoms with Crippen molar-refractivity contribution in [1.29, 1.82) is 0 Å². The summed E-state index contributed by atoms with van der Waals surface area (Å²) in [6.07, 6.45) is 1.55. The number of thiol groups is 1. The van der Waals surface area contributed by atoms with Crippen molar-refractivity contribution in [3.8, 4) is 0 Å². The maximum Gasteiger partial charge on any atom is 0.124 e. The molecule has 3 N–H and O–H groups in total. The highest BCUT2D eigenvalue weighted by atomic mass is 32.1. The third-order valence-electron chi connectivity index (χ3n) is 3.31. The molecular weight excluding hydrogens is 198 g/mol. The summed E-state index contributed by atoms with van der Waals surface area (Å²) < 4.78 is 2.05. The van der Waals surface area contributed by atoms with E-state index in [2.05, 4.69) is 30.4 Å². The van der Waals surface area contributed by atoms with Crippen LogP contribution in [-0.2, 0) is 0 Å². The summed E-state index contributed by atoms with van der Waals surface area (Å²) in [6.45, 7) is 4.85. The van der Waals surface area contributed by atoms with Crippen LogP contribution < -0.4 is 10.6 Å². The monoisotopic (exact) mass is 217 g/mol. The number of nitrogens with one attached hydrogen (secondary N) is 2. The largest absolute Gasteiger partial charge is 0.377 e. The number of aliphatic hydroxyl groups is 1. The Labute approximate surface area is 90.6 Å². The zero-order valence-electron chi connectivity index (χ0n) is 8.53. The van der Waals surface area contributed by atoms with Gasteiger partial charge >= 0.3 is 0 Å². The van der Waals surface area contributed by atoms with Crippen LogP contribution in [0.5, 0.6) is 0 Å². The van der Waals surface area contributed by atoms with E-state index in [1.165, 1.54) is 0 Å². The second-order valence-electron chi connectivity index (χ2n) is 4.59. The molecule has 2 aliphatic heterocycles. The number of hydrogen-bond acceptors (Lipinski definition) is 5. The lowest BCUT2D eigenvalue weighted by molar-refractivity contribution is 0.0664. The van der Waals surface area contributed by atoms with Crippen molar-refractivity contribution >= 4 is 12.8 Å². The second kappa shape index (κ2) is 3.98. The third-order valence-corrected chi connectivity index (χ3v) is 3.67. The molecule has 0 aliphatic carbocycles. The minimum atomic E-state index is -0.412. The molecule has 5 heteroatoms. The van der Waals surface area contributed by atoms with E-state index in [1.807, 2.05) is 4.31 Å². The fourth-order valence-electron chi connectivity index (χ4n) is 2.59. The Hall–Kier alpha value is 0.190. The zero-order valence-corrected chi connectivity index (χ0v) is 9.43. The molecule has 2 rings (SSSR count).